The highest BCUT2D eigenvalue weighted by Crippen LogP contribution is 2.33. The Morgan fingerprint density at radius 3 is 2.63 bits per heavy atom. The normalized spacial score (nSPS) is 26.6. The first-order valence-corrected chi connectivity index (χ1v) is 10.5. The summed E-state index contributed by atoms with van der Waals surface area (Å²) in [5.41, 5.74) is -0.0111. The molecule has 3 saturated heterocycles. The second-order valence-corrected chi connectivity index (χ2v) is 8.53. The maximum Gasteiger partial charge on any atom is 0.326 e. The molecule has 0 saturated carbocycles. The Hall–Kier alpha value is -2.06. The van der Waals surface area contributed by atoms with Gasteiger partial charge in [-0.05, 0) is 37.1 Å². The Labute approximate surface area is 162 Å². The van der Waals surface area contributed by atoms with Gasteiger partial charge >= 0.3 is 6.03 Å². The molecule has 1 aromatic rings. The number of piperidine rings is 1. The lowest BCUT2D eigenvalue weighted by molar-refractivity contribution is -0.132. The molecule has 3 aliphatic rings. The van der Waals surface area contributed by atoms with E-state index in [0.29, 0.717) is 24.4 Å². The Bertz CT molecular complexity index is 728. The lowest BCUT2D eigenvalue weighted by atomic mass is 9.99. The van der Waals surface area contributed by atoms with Gasteiger partial charge in [-0.1, -0.05) is 18.2 Å². The van der Waals surface area contributed by atoms with Crippen LogP contribution in [0.1, 0.15) is 29.6 Å². The highest BCUT2D eigenvalue weighted by Gasteiger charge is 2.53. The van der Waals surface area contributed by atoms with E-state index in [4.69, 9.17) is 0 Å². The number of likely N-dealkylation sites (tertiary alicyclic amines) is 1. The quantitative estimate of drug-likeness (QED) is 0.759. The number of benzene rings is 1. The van der Waals surface area contributed by atoms with Crippen molar-refractivity contribution in [2.45, 2.75) is 30.8 Å². The number of carbonyl (C=O) groups is 3. The summed E-state index contributed by atoms with van der Waals surface area (Å²) in [5, 5.41) is 5.98. The third-order valence-corrected chi connectivity index (χ3v) is 6.76. The molecule has 8 heteroatoms. The zero-order valence-corrected chi connectivity index (χ0v) is 16.0. The van der Waals surface area contributed by atoms with Gasteiger partial charge in [-0.25, -0.2) is 9.69 Å². The lowest BCUT2D eigenvalue weighted by Gasteiger charge is -2.34. The van der Waals surface area contributed by atoms with Crippen molar-refractivity contribution in [2.75, 3.05) is 31.3 Å². The van der Waals surface area contributed by atoms with Crippen LogP contribution in [0.3, 0.4) is 0 Å². The van der Waals surface area contributed by atoms with Gasteiger partial charge in [0.15, 0.2) is 0 Å². The summed E-state index contributed by atoms with van der Waals surface area (Å²) in [4.78, 5) is 40.8. The molecule has 1 aromatic carbocycles. The number of nitrogens with zero attached hydrogens (tertiary/aromatic N) is 2. The van der Waals surface area contributed by atoms with Crippen LogP contribution in [0.5, 0.6) is 0 Å². The van der Waals surface area contributed by atoms with Crippen LogP contribution < -0.4 is 10.6 Å². The fourth-order valence-corrected chi connectivity index (χ4v) is 5.24. The highest BCUT2D eigenvalue weighted by molar-refractivity contribution is 7.99. The van der Waals surface area contributed by atoms with E-state index in [0.717, 1.165) is 31.7 Å². The van der Waals surface area contributed by atoms with Crippen LogP contribution in [0, 0.1) is 0 Å². The second-order valence-electron chi connectivity index (χ2n) is 7.42. The van der Waals surface area contributed by atoms with E-state index in [1.807, 2.05) is 18.2 Å². The van der Waals surface area contributed by atoms with Crippen molar-refractivity contribution in [3.8, 4) is 0 Å². The first-order valence-electron chi connectivity index (χ1n) is 9.37. The molecule has 3 heterocycles. The molecule has 1 unspecified atom stereocenters. The Morgan fingerprint density at radius 2 is 1.96 bits per heavy atom. The first kappa shape index (κ1) is 18.3. The molecule has 4 amide bonds. The minimum absolute atomic E-state index is 0.0520. The number of hydrogen-bond donors (Lipinski definition) is 2. The highest BCUT2D eigenvalue weighted by atomic mass is 32.2. The van der Waals surface area contributed by atoms with E-state index in [-0.39, 0.29) is 23.9 Å². The standard InChI is InChI=1S/C19H24N4O3S/c24-16(14-4-2-1-3-5-14)20-15-6-9-22(10-7-15)13-23-17(25)19(21-18(23)26)8-11-27-12-19/h1-5,15H,6-13H2,(H,20,24)(H,21,26). The minimum Gasteiger partial charge on any atom is -0.349 e. The topological polar surface area (TPSA) is 81.8 Å². The van der Waals surface area contributed by atoms with E-state index in [1.54, 1.807) is 23.9 Å². The van der Waals surface area contributed by atoms with Gasteiger partial charge in [0, 0.05) is 30.4 Å². The van der Waals surface area contributed by atoms with Gasteiger partial charge in [0.2, 0.25) is 0 Å². The van der Waals surface area contributed by atoms with E-state index in [9.17, 15) is 14.4 Å². The maximum atomic E-state index is 12.7. The van der Waals surface area contributed by atoms with Gasteiger partial charge in [-0.3, -0.25) is 14.5 Å². The third-order valence-electron chi connectivity index (χ3n) is 5.57. The molecule has 1 atom stereocenters. The summed E-state index contributed by atoms with van der Waals surface area (Å²) >= 11 is 1.71. The number of amides is 4. The second kappa shape index (κ2) is 7.52. The molecule has 3 fully saturated rings. The number of hydrogen-bond acceptors (Lipinski definition) is 5. The van der Waals surface area contributed by atoms with Crippen molar-refractivity contribution >= 4 is 29.6 Å². The molecule has 0 aromatic heterocycles. The average molecular weight is 388 g/mol. The van der Waals surface area contributed by atoms with E-state index in [1.165, 1.54) is 4.90 Å². The molecular weight excluding hydrogens is 364 g/mol. The van der Waals surface area contributed by atoms with Crippen LogP contribution in [0.2, 0.25) is 0 Å². The van der Waals surface area contributed by atoms with Crippen LogP contribution in [0.15, 0.2) is 30.3 Å². The van der Waals surface area contributed by atoms with Crippen LogP contribution >= 0.6 is 11.8 Å². The maximum absolute atomic E-state index is 12.7. The average Bonchev–Trinajstić information content (AvgIpc) is 3.25. The van der Waals surface area contributed by atoms with Gasteiger partial charge in [0.25, 0.3) is 11.8 Å². The number of thioether (sulfide) groups is 1. The van der Waals surface area contributed by atoms with Crippen molar-refractivity contribution in [3.63, 3.8) is 0 Å². The van der Waals surface area contributed by atoms with Crippen LogP contribution in [0.4, 0.5) is 4.79 Å². The van der Waals surface area contributed by atoms with Crippen molar-refractivity contribution in [1.82, 2.24) is 20.4 Å². The summed E-state index contributed by atoms with van der Waals surface area (Å²) < 4.78 is 0. The van der Waals surface area contributed by atoms with E-state index < -0.39 is 5.54 Å². The predicted molar refractivity (Wildman–Crippen MR) is 103 cm³/mol. The Morgan fingerprint density at radius 1 is 1.22 bits per heavy atom. The monoisotopic (exact) mass is 388 g/mol. The number of nitrogens with one attached hydrogen (secondary N) is 2. The number of imide groups is 1. The van der Waals surface area contributed by atoms with Crippen molar-refractivity contribution in [2.24, 2.45) is 0 Å². The van der Waals surface area contributed by atoms with E-state index in [2.05, 4.69) is 15.5 Å². The summed E-state index contributed by atoms with van der Waals surface area (Å²) in [6.07, 6.45) is 2.33. The van der Waals surface area contributed by atoms with Crippen molar-refractivity contribution in [3.05, 3.63) is 35.9 Å². The summed E-state index contributed by atoms with van der Waals surface area (Å²) in [6.45, 7) is 1.83. The number of urea groups is 1. The molecule has 7 nitrogen and oxygen atoms in total. The molecule has 27 heavy (non-hydrogen) atoms. The minimum atomic E-state index is -0.677. The molecule has 0 bridgehead atoms. The lowest BCUT2D eigenvalue weighted by Crippen LogP contribution is -2.50. The van der Waals surface area contributed by atoms with Gasteiger partial charge < -0.3 is 10.6 Å². The fraction of sp³-hybridized carbons (Fsp3) is 0.526. The molecule has 1 spiro atoms. The summed E-state index contributed by atoms with van der Waals surface area (Å²) in [7, 11) is 0. The molecule has 3 aliphatic heterocycles. The Balaban J connectivity index is 1.28. The molecule has 4 rings (SSSR count). The summed E-state index contributed by atoms with van der Waals surface area (Å²) in [5.74, 6) is 1.44. The molecule has 144 valence electrons. The summed E-state index contributed by atoms with van der Waals surface area (Å²) in [6, 6.07) is 9.05. The number of carbonyl (C=O) groups excluding carboxylic acids is 3. The van der Waals surface area contributed by atoms with Gasteiger partial charge in [0.05, 0.1) is 6.67 Å². The van der Waals surface area contributed by atoms with Crippen LogP contribution in [0.25, 0.3) is 0 Å². The SMILES string of the molecule is O=C(NC1CCN(CN2C(=O)NC3(CCSC3)C2=O)CC1)c1ccccc1. The van der Waals surface area contributed by atoms with Gasteiger partial charge in [-0.15, -0.1) is 0 Å². The van der Waals surface area contributed by atoms with Gasteiger partial charge in [-0.2, -0.15) is 11.8 Å². The van der Waals surface area contributed by atoms with E-state index >= 15 is 0 Å². The predicted octanol–water partition coefficient (Wildman–Crippen LogP) is 1.27. The molecule has 0 aliphatic carbocycles. The largest absolute Gasteiger partial charge is 0.349 e. The van der Waals surface area contributed by atoms with Crippen molar-refractivity contribution < 1.29 is 14.4 Å². The number of rotatable bonds is 4. The zero-order valence-electron chi connectivity index (χ0n) is 15.1. The first-order chi connectivity index (χ1) is 13.1. The zero-order chi connectivity index (χ0) is 18.9. The smallest absolute Gasteiger partial charge is 0.326 e. The van der Waals surface area contributed by atoms with Crippen LogP contribution in [-0.4, -0.2) is 70.5 Å². The fourth-order valence-electron chi connectivity index (χ4n) is 3.91. The van der Waals surface area contributed by atoms with Gasteiger partial charge in [0.1, 0.15) is 5.54 Å². The Kier molecular flexibility index (Phi) is 5.10. The van der Waals surface area contributed by atoms with Crippen molar-refractivity contribution in [1.29, 1.82) is 0 Å². The molecule has 2 N–H and O–H groups in total. The molecular formula is C19H24N4O3S. The third kappa shape index (κ3) is 3.68. The molecule has 0 radical (unpaired) electrons. The van der Waals surface area contributed by atoms with Crippen LogP contribution in [-0.2, 0) is 4.79 Å².